The standard InChI is InChI=1S/C10H12N2O.C9H11NO3.C9H11NO2.C4H9NO2/c1-7(10(12)13)9(11)8-5-3-2-4-6-8;10-8(9(12)13)5-6-1-3-7(11)4-2-6;10-8(9(11)12)6-7-4-2-1-3-5-7;1-3(5-2)4(6)7/h2-6,9H,1,11H2,(H2,12,13);1-4,8,11H,5,10H2,(H,12,13);1-5,8H,6,10H2,(H,11,12);3,5H,1-2H3,(H,6,7). The normalized spacial score (nSPS) is 12.5. The van der Waals surface area contributed by atoms with Crippen LogP contribution in [0.5, 0.6) is 5.75 Å². The number of phenols is 1. The van der Waals surface area contributed by atoms with E-state index in [1.807, 2.05) is 60.7 Å². The highest BCUT2D eigenvalue weighted by molar-refractivity contribution is 5.92. The molecule has 3 rings (SSSR count). The van der Waals surface area contributed by atoms with Gasteiger partial charge in [-0.15, -0.1) is 0 Å². The molecular formula is C32H43N5O8. The van der Waals surface area contributed by atoms with Crippen molar-refractivity contribution < 1.29 is 39.6 Å². The highest BCUT2D eigenvalue weighted by atomic mass is 16.4. The molecule has 0 bridgehead atoms. The van der Waals surface area contributed by atoms with Gasteiger partial charge in [0.25, 0.3) is 0 Å². The molecule has 0 aliphatic carbocycles. The third-order valence-electron chi connectivity index (χ3n) is 5.98. The van der Waals surface area contributed by atoms with Crippen molar-refractivity contribution in [2.75, 3.05) is 7.05 Å². The maximum absolute atomic E-state index is 10.8. The van der Waals surface area contributed by atoms with Crippen molar-refractivity contribution in [2.24, 2.45) is 22.9 Å². The number of hydrogen-bond donors (Lipinski definition) is 9. The minimum Gasteiger partial charge on any atom is -0.508 e. The van der Waals surface area contributed by atoms with Crippen LogP contribution in [0.25, 0.3) is 0 Å². The van der Waals surface area contributed by atoms with Gasteiger partial charge in [-0.05, 0) is 55.6 Å². The van der Waals surface area contributed by atoms with E-state index in [1.54, 1.807) is 26.1 Å². The summed E-state index contributed by atoms with van der Waals surface area (Å²) in [6.07, 6.45) is 0.659. The van der Waals surface area contributed by atoms with E-state index in [1.165, 1.54) is 12.1 Å². The highest BCUT2D eigenvalue weighted by Gasteiger charge is 2.14. The van der Waals surface area contributed by atoms with Gasteiger partial charge in [0.1, 0.15) is 23.9 Å². The van der Waals surface area contributed by atoms with Crippen LogP contribution in [0.1, 0.15) is 29.7 Å². The number of likely N-dealkylation sites (N-methyl/N-ethyl adjacent to an activating group) is 1. The minimum atomic E-state index is -1.02. The molecule has 13 nitrogen and oxygen atoms in total. The Balaban J connectivity index is 0.000000587. The van der Waals surface area contributed by atoms with Gasteiger partial charge in [-0.2, -0.15) is 0 Å². The number of primary amides is 1. The lowest BCUT2D eigenvalue weighted by molar-refractivity contribution is -0.139. The molecule has 13 heteroatoms. The molecular weight excluding hydrogens is 582 g/mol. The largest absolute Gasteiger partial charge is 0.508 e. The van der Waals surface area contributed by atoms with Gasteiger partial charge in [0.2, 0.25) is 5.91 Å². The van der Waals surface area contributed by atoms with E-state index in [4.69, 9.17) is 43.4 Å². The van der Waals surface area contributed by atoms with Crippen LogP contribution in [0.2, 0.25) is 0 Å². The average Bonchev–Trinajstić information content (AvgIpc) is 3.02. The maximum Gasteiger partial charge on any atom is 0.320 e. The van der Waals surface area contributed by atoms with Crippen molar-refractivity contribution in [1.29, 1.82) is 0 Å². The Morgan fingerprint density at radius 1 is 0.711 bits per heavy atom. The lowest BCUT2D eigenvalue weighted by Gasteiger charge is -2.11. The third-order valence-corrected chi connectivity index (χ3v) is 5.98. The molecule has 4 atom stereocenters. The van der Waals surface area contributed by atoms with Gasteiger partial charge in [0.15, 0.2) is 0 Å². The zero-order valence-electron chi connectivity index (χ0n) is 25.2. The molecule has 0 aliphatic heterocycles. The number of carbonyl (C=O) groups is 4. The molecule has 0 saturated carbocycles. The topological polar surface area (TPSA) is 265 Å². The summed E-state index contributed by atoms with van der Waals surface area (Å²) in [5.74, 6) is -3.20. The van der Waals surface area contributed by atoms with Crippen LogP contribution in [-0.2, 0) is 32.0 Å². The Morgan fingerprint density at radius 2 is 1.11 bits per heavy atom. The molecule has 13 N–H and O–H groups in total. The van der Waals surface area contributed by atoms with E-state index in [-0.39, 0.29) is 17.7 Å². The Hall–Kier alpha value is -5.08. The number of aromatic hydroxyl groups is 1. The summed E-state index contributed by atoms with van der Waals surface area (Å²) in [5, 5.41) is 36.7. The lowest BCUT2D eigenvalue weighted by atomic mass is 10.0. The summed E-state index contributed by atoms with van der Waals surface area (Å²) in [6, 6.07) is 22.3. The molecule has 0 spiro atoms. The first-order valence-corrected chi connectivity index (χ1v) is 13.6. The second-order valence-corrected chi connectivity index (χ2v) is 9.58. The fourth-order valence-corrected chi connectivity index (χ4v) is 3.07. The first kappa shape index (κ1) is 39.9. The fourth-order valence-electron chi connectivity index (χ4n) is 3.07. The number of carbonyl (C=O) groups excluding carboxylic acids is 1. The van der Waals surface area contributed by atoms with E-state index >= 15 is 0 Å². The van der Waals surface area contributed by atoms with E-state index in [2.05, 4.69) is 11.9 Å². The fraction of sp³-hybridized carbons (Fsp3) is 0.250. The molecule has 4 unspecified atom stereocenters. The van der Waals surface area contributed by atoms with Crippen molar-refractivity contribution in [3.8, 4) is 5.75 Å². The molecule has 0 aromatic heterocycles. The molecule has 0 saturated heterocycles. The highest BCUT2D eigenvalue weighted by Crippen LogP contribution is 2.16. The van der Waals surface area contributed by atoms with E-state index in [0.29, 0.717) is 6.42 Å². The Labute approximate surface area is 262 Å². The van der Waals surface area contributed by atoms with Gasteiger partial charge in [0.05, 0.1) is 6.04 Å². The number of amides is 1. The molecule has 0 radical (unpaired) electrons. The van der Waals surface area contributed by atoms with Crippen molar-refractivity contribution in [2.45, 2.75) is 43.9 Å². The average molecular weight is 626 g/mol. The molecule has 1 amide bonds. The van der Waals surface area contributed by atoms with Crippen molar-refractivity contribution >= 4 is 23.8 Å². The predicted molar refractivity (Wildman–Crippen MR) is 171 cm³/mol. The van der Waals surface area contributed by atoms with Gasteiger partial charge < -0.3 is 48.7 Å². The molecule has 45 heavy (non-hydrogen) atoms. The number of carboxylic acids is 3. The van der Waals surface area contributed by atoms with E-state index in [9.17, 15) is 19.2 Å². The lowest BCUT2D eigenvalue weighted by Crippen LogP contribution is -2.32. The molecule has 0 aliphatic rings. The number of hydrogen-bond acceptors (Lipinski definition) is 9. The minimum absolute atomic E-state index is 0.160. The summed E-state index contributed by atoms with van der Waals surface area (Å²) >= 11 is 0. The summed E-state index contributed by atoms with van der Waals surface area (Å²) in [5.41, 5.74) is 24.3. The summed E-state index contributed by atoms with van der Waals surface area (Å²) in [6.45, 7) is 5.12. The monoisotopic (exact) mass is 625 g/mol. The quantitative estimate of drug-likeness (QED) is 0.137. The summed E-state index contributed by atoms with van der Waals surface area (Å²) in [7, 11) is 1.61. The number of nitrogens with two attached hydrogens (primary N) is 4. The SMILES string of the molecule is C=C(C(N)=O)C(N)c1ccccc1.CNC(C)C(=O)O.NC(Cc1ccc(O)cc1)C(=O)O.NC(Cc1ccccc1)C(=O)O. The van der Waals surface area contributed by atoms with Gasteiger partial charge in [0, 0.05) is 5.57 Å². The van der Waals surface area contributed by atoms with Gasteiger partial charge in [-0.25, -0.2) is 0 Å². The zero-order valence-corrected chi connectivity index (χ0v) is 25.2. The zero-order chi connectivity index (χ0) is 34.5. The number of nitrogens with one attached hydrogen (secondary N) is 1. The van der Waals surface area contributed by atoms with E-state index in [0.717, 1.165) is 16.7 Å². The number of carboxylic acid groups (broad SMARTS) is 3. The van der Waals surface area contributed by atoms with Gasteiger partial charge >= 0.3 is 17.9 Å². The van der Waals surface area contributed by atoms with Crippen molar-refractivity contribution in [3.05, 3.63) is 114 Å². The van der Waals surface area contributed by atoms with Crippen LogP contribution in [0, 0.1) is 0 Å². The second kappa shape index (κ2) is 21.6. The van der Waals surface area contributed by atoms with Gasteiger partial charge in [-0.1, -0.05) is 79.4 Å². The van der Waals surface area contributed by atoms with Crippen LogP contribution in [0.15, 0.2) is 97.1 Å². The van der Waals surface area contributed by atoms with Crippen molar-refractivity contribution in [3.63, 3.8) is 0 Å². The molecule has 3 aromatic rings. The molecule has 3 aromatic carbocycles. The van der Waals surface area contributed by atoms with Crippen LogP contribution >= 0.6 is 0 Å². The van der Waals surface area contributed by atoms with Crippen molar-refractivity contribution in [1.82, 2.24) is 5.32 Å². The Kier molecular flexibility index (Phi) is 19.1. The van der Waals surface area contributed by atoms with Crippen LogP contribution in [0.3, 0.4) is 0 Å². The number of aliphatic carboxylic acids is 3. The molecule has 0 heterocycles. The van der Waals surface area contributed by atoms with Crippen LogP contribution in [-0.4, -0.2) is 69.4 Å². The second-order valence-electron chi connectivity index (χ2n) is 9.58. The molecule has 244 valence electrons. The third kappa shape index (κ3) is 17.6. The Bertz CT molecular complexity index is 1340. The van der Waals surface area contributed by atoms with Crippen LogP contribution < -0.4 is 28.3 Å². The summed E-state index contributed by atoms with van der Waals surface area (Å²) < 4.78 is 0. The maximum atomic E-state index is 10.8. The first-order chi connectivity index (χ1) is 21.1. The first-order valence-electron chi connectivity index (χ1n) is 13.6. The number of benzene rings is 3. The van der Waals surface area contributed by atoms with Crippen LogP contribution in [0.4, 0.5) is 0 Å². The Morgan fingerprint density at radius 3 is 1.44 bits per heavy atom. The number of phenolic OH excluding ortho intramolecular Hbond substituents is 1. The van der Waals surface area contributed by atoms with E-state index < -0.39 is 48.0 Å². The smallest absolute Gasteiger partial charge is 0.320 e. The summed E-state index contributed by atoms with van der Waals surface area (Å²) in [4.78, 5) is 41.4. The predicted octanol–water partition coefficient (Wildman–Crippen LogP) is 1.39. The van der Waals surface area contributed by atoms with Gasteiger partial charge in [-0.3, -0.25) is 19.2 Å². The molecule has 0 fully saturated rings. The number of rotatable bonds is 11.